The van der Waals surface area contributed by atoms with E-state index in [0.29, 0.717) is 5.56 Å². The Labute approximate surface area is 165 Å². The molecule has 0 spiro atoms. The standard InChI is InChI=1S/C22H28N4O2/c1-2-3-8-21-24-19-16-17(9-10-20(19)28-21)22(27)26-14-5-4-7-18(26)11-15-25-13-6-12-23-25/h6,9-10,12-13,16,18H,2-5,7-8,11,14-15H2,1H3/t18-/m1/s1. The fraction of sp³-hybridized carbons (Fsp3) is 0.500. The number of aromatic nitrogens is 3. The van der Waals surface area contributed by atoms with Crippen molar-refractivity contribution in [3.05, 3.63) is 48.1 Å². The minimum absolute atomic E-state index is 0.102. The first-order valence-electron chi connectivity index (χ1n) is 10.4. The van der Waals surface area contributed by atoms with Crippen LogP contribution in [0.4, 0.5) is 0 Å². The van der Waals surface area contributed by atoms with E-state index in [2.05, 4.69) is 17.0 Å². The first-order valence-corrected chi connectivity index (χ1v) is 10.4. The molecule has 3 heterocycles. The fourth-order valence-corrected chi connectivity index (χ4v) is 3.99. The zero-order chi connectivity index (χ0) is 19.3. The van der Waals surface area contributed by atoms with Crippen LogP contribution < -0.4 is 0 Å². The average molecular weight is 380 g/mol. The monoisotopic (exact) mass is 380 g/mol. The van der Waals surface area contributed by atoms with Crippen LogP contribution in [0.5, 0.6) is 0 Å². The summed E-state index contributed by atoms with van der Waals surface area (Å²) in [5.74, 6) is 0.863. The second-order valence-corrected chi connectivity index (χ2v) is 7.60. The van der Waals surface area contributed by atoms with E-state index in [0.717, 1.165) is 68.6 Å². The summed E-state index contributed by atoms with van der Waals surface area (Å²) in [7, 11) is 0. The molecule has 0 aliphatic carbocycles. The molecular weight excluding hydrogens is 352 g/mol. The highest BCUT2D eigenvalue weighted by Gasteiger charge is 2.27. The lowest BCUT2D eigenvalue weighted by atomic mass is 9.98. The van der Waals surface area contributed by atoms with Gasteiger partial charge in [0.25, 0.3) is 5.91 Å². The molecule has 1 atom stereocenters. The van der Waals surface area contributed by atoms with Gasteiger partial charge in [0.2, 0.25) is 0 Å². The molecule has 1 aliphatic rings. The molecule has 6 nitrogen and oxygen atoms in total. The van der Waals surface area contributed by atoms with Gasteiger partial charge in [-0.3, -0.25) is 9.48 Å². The third-order valence-corrected chi connectivity index (χ3v) is 5.56. The highest BCUT2D eigenvalue weighted by molar-refractivity contribution is 5.97. The molecule has 1 aliphatic heterocycles. The maximum absolute atomic E-state index is 13.2. The molecule has 1 saturated heterocycles. The van der Waals surface area contributed by atoms with Gasteiger partial charge in [0.05, 0.1) is 0 Å². The van der Waals surface area contributed by atoms with Crippen LogP contribution in [0.2, 0.25) is 0 Å². The molecule has 0 radical (unpaired) electrons. The van der Waals surface area contributed by atoms with Crippen LogP contribution in [0, 0.1) is 0 Å². The van der Waals surface area contributed by atoms with Gasteiger partial charge in [0.15, 0.2) is 11.5 Å². The summed E-state index contributed by atoms with van der Waals surface area (Å²) in [5, 5.41) is 4.28. The Hall–Kier alpha value is -2.63. The summed E-state index contributed by atoms with van der Waals surface area (Å²) >= 11 is 0. The van der Waals surface area contributed by atoms with Crippen LogP contribution in [0.25, 0.3) is 11.1 Å². The molecule has 0 N–H and O–H groups in total. The van der Waals surface area contributed by atoms with Gasteiger partial charge in [-0.25, -0.2) is 4.98 Å². The van der Waals surface area contributed by atoms with Crippen molar-refractivity contribution < 1.29 is 9.21 Å². The molecule has 0 unspecified atom stereocenters. The molecule has 4 rings (SSSR count). The second-order valence-electron chi connectivity index (χ2n) is 7.60. The van der Waals surface area contributed by atoms with Crippen LogP contribution in [0.1, 0.15) is 61.7 Å². The maximum Gasteiger partial charge on any atom is 0.254 e. The predicted octanol–water partition coefficient (Wildman–Crippen LogP) is 4.45. The van der Waals surface area contributed by atoms with E-state index in [1.54, 1.807) is 6.20 Å². The highest BCUT2D eigenvalue weighted by atomic mass is 16.3. The summed E-state index contributed by atoms with van der Waals surface area (Å²) in [6.07, 6.45) is 11.0. The third-order valence-electron chi connectivity index (χ3n) is 5.56. The zero-order valence-corrected chi connectivity index (χ0v) is 16.5. The molecule has 0 saturated carbocycles. The molecule has 1 aromatic carbocycles. The predicted molar refractivity (Wildman–Crippen MR) is 108 cm³/mol. The largest absolute Gasteiger partial charge is 0.441 e. The summed E-state index contributed by atoms with van der Waals surface area (Å²) in [5.41, 5.74) is 2.24. The summed E-state index contributed by atoms with van der Waals surface area (Å²) in [4.78, 5) is 19.9. The number of carbonyl (C=O) groups is 1. The Morgan fingerprint density at radius 2 is 2.25 bits per heavy atom. The first-order chi connectivity index (χ1) is 13.7. The number of likely N-dealkylation sites (tertiary alicyclic amines) is 1. The van der Waals surface area contributed by atoms with Crippen molar-refractivity contribution in [2.45, 2.75) is 64.5 Å². The number of nitrogens with zero attached hydrogens (tertiary/aromatic N) is 4. The first kappa shape index (κ1) is 18.7. The van der Waals surface area contributed by atoms with Crippen molar-refractivity contribution >= 4 is 17.0 Å². The number of benzene rings is 1. The van der Waals surface area contributed by atoms with Gasteiger partial charge in [0.1, 0.15) is 5.52 Å². The van der Waals surface area contributed by atoms with Crippen LogP contribution in [-0.2, 0) is 13.0 Å². The molecule has 28 heavy (non-hydrogen) atoms. The smallest absolute Gasteiger partial charge is 0.254 e. The van der Waals surface area contributed by atoms with E-state index in [9.17, 15) is 4.79 Å². The summed E-state index contributed by atoms with van der Waals surface area (Å²) in [6, 6.07) is 7.84. The highest BCUT2D eigenvalue weighted by Crippen LogP contribution is 2.25. The van der Waals surface area contributed by atoms with Crippen molar-refractivity contribution in [2.24, 2.45) is 0 Å². The zero-order valence-electron chi connectivity index (χ0n) is 16.5. The van der Waals surface area contributed by atoms with Crippen molar-refractivity contribution in [1.82, 2.24) is 19.7 Å². The molecular formula is C22H28N4O2. The number of piperidine rings is 1. The lowest BCUT2D eigenvalue weighted by Gasteiger charge is -2.36. The van der Waals surface area contributed by atoms with Crippen LogP contribution in [0.3, 0.4) is 0 Å². The van der Waals surface area contributed by atoms with Gasteiger partial charge in [-0.15, -0.1) is 0 Å². The number of carbonyl (C=O) groups excluding carboxylic acids is 1. The number of amides is 1. The Kier molecular flexibility index (Phi) is 5.74. The SMILES string of the molecule is CCCCc1nc2cc(C(=O)N3CCCC[C@@H]3CCn3cccn3)ccc2o1. The molecule has 0 bridgehead atoms. The van der Waals surface area contributed by atoms with Gasteiger partial charge in [-0.2, -0.15) is 5.10 Å². The summed E-state index contributed by atoms with van der Waals surface area (Å²) < 4.78 is 7.75. The minimum atomic E-state index is 0.102. The molecule has 2 aromatic heterocycles. The Bertz CT molecular complexity index is 916. The molecule has 3 aromatic rings. The van der Waals surface area contributed by atoms with Crippen molar-refractivity contribution in [2.75, 3.05) is 6.54 Å². The molecule has 6 heteroatoms. The van der Waals surface area contributed by atoms with E-state index < -0.39 is 0 Å². The number of hydrogen-bond donors (Lipinski definition) is 0. The van der Waals surface area contributed by atoms with Crippen molar-refractivity contribution in [3.63, 3.8) is 0 Å². The van der Waals surface area contributed by atoms with Crippen molar-refractivity contribution in [1.29, 1.82) is 0 Å². The Balaban J connectivity index is 1.49. The van der Waals surface area contributed by atoms with Gasteiger partial charge >= 0.3 is 0 Å². The average Bonchev–Trinajstić information content (AvgIpc) is 3.39. The topological polar surface area (TPSA) is 64.2 Å². The Morgan fingerprint density at radius 1 is 1.32 bits per heavy atom. The quantitative estimate of drug-likeness (QED) is 0.607. The van der Waals surface area contributed by atoms with Gasteiger partial charge in [-0.05, 0) is 56.4 Å². The number of hydrogen-bond acceptors (Lipinski definition) is 4. The normalized spacial score (nSPS) is 17.3. The van der Waals surface area contributed by atoms with Gasteiger partial charge in [0, 0.05) is 43.5 Å². The maximum atomic E-state index is 13.2. The van der Waals surface area contributed by atoms with Gasteiger partial charge in [-0.1, -0.05) is 13.3 Å². The number of aryl methyl sites for hydroxylation is 2. The number of fused-ring (bicyclic) bond motifs is 1. The lowest BCUT2D eigenvalue weighted by Crippen LogP contribution is -2.44. The molecule has 1 amide bonds. The number of rotatable bonds is 7. The number of unbranched alkanes of at least 4 members (excludes halogenated alkanes) is 1. The van der Waals surface area contributed by atoms with E-state index in [1.807, 2.05) is 40.0 Å². The van der Waals surface area contributed by atoms with E-state index in [1.165, 1.54) is 6.42 Å². The van der Waals surface area contributed by atoms with Crippen molar-refractivity contribution in [3.8, 4) is 0 Å². The second kappa shape index (κ2) is 8.59. The summed E-state index contributed by atoms with van der Waals surface area (Å²) in [6.45, 7) is 3.81. The van der Waals surface area contributed by atoms with E-state index >= 15 is 0 Å². The molecule has 148 valence electrons. The van der Waals surface area contributed by atoms with Gasteiger partial charge < -0.3 is 9.32 Å². The van der Waals surface area contributed by atoms with Crippen LogP contribution in [-0.4, -0.2) is 38.2 Å². The van der Waals surface area contributed by atoms with E-state index in [4.69, 9.17) is 4.42 Å². The lowest BCUT2D eigenvalue weighted by molar-refractivity contribution is 0.0594. The Morgan fingerprint density at radius 3 is 3.07 bits per heavy atom. The van der Waals surface area contributed by atoms with Crippen LogP contribution >= 0.6 is 0 Å². The van der Waals surface area contributed by atoms with Crippen LogP contribution in [0.15, 0.2) is 41.1 Å². The number of oxazole rings is 1. The molecule has 1 fully saturated rings. The third kappa shape index (κ3) is 4.11. The fourth-order valence-electron chi connectivity index (χ4n) is 3.99. The minimum Gasteiger partial charge on any atom is -0.441 e. The van der Waals surface area contributed by atoms with E-state index in [-0.39, 0.29) is 11.9 Å².